The van der Waals surface area contributed by atoms with Crippen LogP contribution in [0.15, 0.2) is 0 Å². The summed E-state index contributed by atoms with van der Waals surface area (Å²) in [6, 6.07) is 1.75. The lowest BCUT2D eigenvalue weighted by Crippen LogP contribution is -2.40. The van der Waals surface area contributed by atoms with E-state index < -0.39 is 21.5 Å². The number of likely N-dealkylation sites (tertiary alicyclic amines) is 2. The Hall–Kier alpha value is 0.0600. The molecule has 0 radical (unpaired) electrons. The molecular formula is C28H60N4O8P2. The Morgan fingerprint density at radius 2 is 1.19 bits per heavy atom. The Labute approximate surface area is 254 Å². The number of nitrogens with zero attached hydrogens (tertiary/aromatic N) is 2. The molecule has 0 aliphatic carbocycles. The van der Waals surface area contributed by atoms with E-state index in [1.54, 1.807) is 13.8 Å². The molecule has 2 rings (SSSR count). The molecule has 2 heterocycles. The molecular weight excluding hydrogens is 582 g/mol. The van der Waals surface area contributed by atoms with Crippen molar-refractivity contribution in [1.82, 2.24) is 20.4 Å². The largest absolute Gasteiger partial charge is 0.472 e. The Balaban J connectivity index is 1.93. The Morgan fingerprint density at radius 3 is 1.60 bits per heavy atom. The maximum absolute atomic E-state index is 13.1. The molecule has 0 spiro atoms. The van der Waals surface area contributed by atoms with Crippen molar-refractivity contribution in [2.24, 2.45) is 0 Å². The van der Waals surface area contributed by atoms with Gasteiger partial charge in [0.05, 0.1) is 38.2 Å². The van der Waals surface area contributed by atoms with Gasteiger partial charge in [0.2, 0.25) is 0 Å². The van der Waals surface area contributed by atoms with Crippen molar-refractivity contribution in [3.05, 3.63) is 0 Å². The van der Waals surface area contributed by atoms with Crippen LogP contribution in [0.3, 0.4) is 0 Å². The molecule has 3 unspecified atom stereocenters. The maximum Gasteiger partial charge on any atom is 0.472 e. The second kappa shape index (κ2) is 17.1. The SMILES string of the molecule is CC(C)N[C@@H]1C[C@@H](COP(=O)(O)OCC(CP(=O)(O)OC[C@H]2C[C@H](NC(C)C)CN2C(C)C)OC(C)C)N(C(C)C)C1. The van der Waals surface area contributed by atoms with Crippen LogP contribution in [-0.4, -0.2) is 119 Å². The molecule has 0 amide bonds. The van der Waals surface area contributed by atoms with Gasteiger partial charge in [-0.2, -0.15) is 0 Å². The summed E-state index contributed by atoms with van der Waals surface area (Å²) in [5, 5.41) is 7.08. The number of nitrogens with one attached hydrogen (secondary N) is 2. The molecule has 0 bridgehead atoms. The monoisotopic (exact) mass is 642 g/mol. The highest BCUT2D eigenvalue weighted by Gasteiger charge is 2.38. The third-order valence-corrected chi connectivity index (χ3v) is 9.97. The van der Waals surface area contributed by atoms with Crippen LogP contribution in [0.1, 0.15) is 82.1 Å². The zero-order valence-corrected chi connectivity index (χ0v) is 29.4. The molecule has 0 saturated carbocycles. The summed E-state index contributed by atoms with van der Waals surface area (Å²) >= 11 is 0. The van der Waals surface area contributed by atoms with E-state index in [9.17, 15) is 18.9 Å². The molecule has 14 heteroatoms. The standard InChI is InChI=1S/C28H60N4O8P2/c1-19(2)29-24-11-26(31(13-24)21(5)6)15-37-41(33,34)18-28(40-23(9)10)17-39-42(35,36)38-16-27-12-25(30-20(3)4)14-32(27)22(7)8/h19-30H,11-18H2,1-10H3,(H,33,34)(H,35,36)/t24-,25+,26+,27-,28?/m0/s1. The number of rotatable bonds is 19. The fraction of sp³-hybridized carbons (Fsp3) is 1.00. The highest BCUT2D eigenvalue weighted by molar-refractivity contribution is 7.52. The molecule has 2 aliphatic rings. The molecule has 4 N–H and O–H groups in total. The molecule has 7 atom stereocenters. The topological polar surface area (TPSA) is 142 Å². The Morgan fingerprint density at radius 1 is 0.738 bits per heavy atom. The first-order valence-electron chi connectivity index (χ1n) is 15.6. The summed E-state index contributed by atoms with van der Waals surface area (Å²) in [5.74, 6) is 0. The summed E-state index contributed by atoms with van der Waals surface area (Å²) in [5.41, 5.74) is 0. The first kappa shape index (κ1) is 38.2. The van der Waals surface area contributed by atoms with Crippen molar-refractivity contribution >= 4 is 15.4 Å². The quantitative estimate of drug-likeness (QED) is 0.152. The predicted octanol–water partition coefficient (Wildman–Crippen LogP) is 3.81. The average molecular weight is 643 g/mol. The first-order chi connectivity index (χ1) is 19.4. The van der Waals surface area contributed by atoms with Crippen molar-refractivity contribution in [2.45, 2.75) is 143 Å². The van der Waals surface area contributed by atoms with E-state index in [0.717, 1.165) is 25.9 Å². The summed E-state index contributed by atoms with van der Waals surface area (Å²) in [7, 11) is -8.53. The third kappa shape index (κ3) is 13.6. The normalized spacial score (nSPS) is 28.0. The minimum Gasteiger partial charge on any atom is -0.372 e. The zero-order chi connectivity index (χ0) is 31.8. The van der Waals surface area contributed by atoms with Gasteiger partial charge in [-0.25, -0.2) is 4.57 Å². The number of phosphoric ester groups is 1. The van der Waals surface area contributed by atoms with Gasteiger partial charge in [0.1, 0.15) is 0 Å². The van der Waals surface area contributed by atoms with Gasteiger partial charge in [0, 0.05) is 61.4 Å². The average Bonchev–Trinajstić information content (AvgIpc) is 3.43. The van der Waals surface area contributed by atoms with Gasteiger partial charge in [-0.15, -0.1) is 0 Å². The van der Waals surface area contributed by atoms with Crippen molar-refractivity contribution in [3.63, 3.8) is 0 Å². The van der Waals surface area contributed by atoms with Gasteiger partial charge in [0.15, 0.2) is 0 Å². The van der Waals surface area contributed by atoms with Crippen molar-refractivity contribution in [2.75, 3.05) is 39.1 Å². The molecule has 0 aromatic heterocycles. The highest BCUT2D eigenvalue weighted by atomic mass is 31.2. The lowest BCUT2D eigenvalue weighted by atomic mass is 10.1. The molecule has 2 fully saturated rings. The van der Waals surface area contributed by atoms with Crippen molar-refractivity contribution in [1.29, 1.82) is 0 Å². The second-order valence-corrected chi connectivity index (χ2v) is 16.7. The van der Waals surface area contributed by atoms with Crippen LogP contribution in [0, 0.1) is 0 Å². The van der Waals surface area contributed by atoms with Gasteiger partial charge in [-0.1, -0.05) is 27.7 Å². The smallest absolute Gasteiger partial charge is 0.372 e. The molecule has 12 nitrogen and oxygen atoms in total. The minimum absolute atomic E-state index is 0.00447. The fourth-order valence-electron chi connectivity index (χ4n) is 6.09. The molecule has 250 valence electrons. The summed E-state index contributed by atoms with van der Waals surface area (Å²) in [4.78, 5) is 25.7. The lowest BCUT2D eigenvalue weighted by molar-refractivity contribution is -0.0166. The summed E-state index contributed by atoms with van der Waals surface area (Å²) in [6.07, 6.45) is 0.0299. The van der Waals surface area contributed by atoms with Crippen LogP contribution in [0.25, 0.3) is 0 Å². The van der Waals surface area contributed by atoms with E-state index in [1.165, 1.54) is 0 Å². The van der Waals surface area contributed by atoms with Crippen LogP contribution >= 0.6 is 15.4 Å². The third-order valence-electron chi connectivity index (χ3n) is 7.60. The maximum atomic E-state index is 13.1. The molecule has 2 saturated heterocycles. The first-order valence-corrected chi connectivity index (χ1v) is 18.9. The Kier molecular flexibility index (Phi) is 15.6. The van der Waals surface area contributed by atoms with E-state index in [4.69, 9.17) is 18.3 Å². The number of hydrogen-bond acceptors (Lipinski definition) is 10. The highest BCUT2D eigenvalue weighted by Crippen LogP contribution is 2.47. The van der Waals surface area contributed by atoms with Gasteiger partial charge in [0.25, 0.3) is 0 Å². The molecule has 2 aliphatic heterocycles. The lowest BCUT2D eigenvalue weighted by Gasteiger charge is -2.29. The van der Waals surface area contributed by atoms with Crippen LogP contribution in [0.4, 0.5) is 0 Å². The summed E-state index contributed by atoms with van der Waals surface area (Å²) in [6.45, 7) is 21.8. The Bertz CT molecular complexity index is 894. The molecule has 42 heavy (non-hydrogen) atoms. The predicted molar refractivity (Wildman–Crippen MR) is 167 cm³/mol. The van der Waals surface area contributed by atoms with Gasteiger partial charge in [-0.3, -0.25) is 23.4 Å². The summed E-state index contributed by atoms with van der Waals surface area (Å²) < 4.78 is 48.0. The van der Waals surface area contributed by atoms with Crippen LogP contribution in [0.5, 0.6) is 0 Å². The van der Waals surface area contributed by atoms with Gasteiger partial charge < -0.3 is 29.7 Å². The van der Waals surface area contributed by atoms with E-state index in [0.29, 0.717) is 12.1 Å². The zero-order valence-electron chi connectivity index (χ0n) is 27.6. The van der Waals surface area contributed by atoms with Crippen molar-refractivity contribution in [3.8, 4) is 0 Å². The minimum atomic E-state index is -4.44. The second-order valence-electron chi connectivity index (χ2n) is 13.4. The molecule has 0 aromatic carbocycles. The van der Waals surface area contributed by atoms with E-state index in [-0.39, 0.29) is 68.3 Å². The van der Waals surface area contributed by atoms with Crippen LogP contribution < -0.4 is 10.6 Å². The van der Waals surface area contributed by atoms with Gasteiger partial charge >= 0.3 is 15.4 Å². The van der Waals surface area contributed by atoms with Crippen LogP contribution in [0.2, 0.25) is 0 Å². The number of phosphoric acid groups is 1. The van der Waals surface area contributed by atoms with Crippen LogP contribution in [-0.2, 0) is 27.4 Å². The molecule has 0 aromatic rings. The van der Waals surface area contributed by atoms with E-state index in [2.05, 4.69) is 75.8 Å². The van der Waals surface area contributed by atoms with Crippen molar-refractivity contribution < 1.29 is 37.2 Å². The van der Waals surface area contributed by atoms with E-state index in [1.807, 2.05) is 0 Å². The van der Waals surface area contributed by atoms with E-state index >= 15 is 0 Å². The van der Waals surface area contributed by atoms with Gasteiger partial charge in [-0.05, 0) is 54.4 Å². The fourth-order valence-corrected chi connectivity index (χ4v) is 8.09. The number of hydrogen-bond donors (Lipinski definition) is 4. The number of ether oxygens (including phenoxy) is 1.